The fourth-order valence-corrected chi connectivity index (χ4v) is 3.06. The number of nitrogens with zero attached hydrogens (tertiary/aromatic N) is 4. The van der Waals surface area contributed by atoms with E-state index in [-0.39, 0.29) is 0 Å². The summed E-state index contributed by atoms with van der Waals surface area (Å²) in [7, 11) is 0. The Balaban J connectivity index is 2.17. The van der Waals surface area contributed by atoms with Gasteiger partial charge in [-0.25, -0.2) is 0 Å². The third kappa shape index (κ3) is 2.21. The number of nitrogen functional groups attached to an aromatic ring is 1. The van der Waals surface area contributed by atoms with E-state index in [0.29, 0.717) is 17.4 Å². The second-order valence-corrected chi connectivity index (χ2v) is 5.04. The molecular formula is C11H17N5S. The lowest BCUT2D eigenvalue weighted by molar-refractivity contribution is 0.200. The van der Waals surface area contributed by atoms with E-state index in [4.69, 9.17) is 11.0 Å². The van der Waals surface area contributed by atoms with Crippen LogP contribution in [0.4, 0.5) is 10.8 Å². The molecule has 1 aliphatic rings. The van der Waals surface area contributed by atoms with Gasteiger partial charge in [0.2, 0.25) is 0 Å². The van der Waals surface area contributed by atoms with Gasteiger partial charge >= 0.3 is 0 Å². The van der Waals surface area contributed by atoms with Gasteiger partial charge in [-0.3, -0.25) is 4.90 Å². The third-order valence-corrected chi connectivity index (χ3v) is 4.19. The zero-order chi connectivity index (χ0) is 12.4. The predicted octanol–water partition coefficient (Wildman–Crippen LogP) is 1.13. The Morgan fingerprint density at radius 2 is 2.35 bits per heavy atom. The van der Waals surface area contributed by atoms with Crippen LogP contribution >= 0.6 is 11.5 Å². The minimum atomic E-state index is 0.359. The van der Waals surface area contributed by atoms with Gasteiger partial charge in [0, 0.05) is 25.7 Å². The number of likely N-dealkylation sites (N-methyl/N-ethyl adjacent to an activating group) is 1. The Bertz CT molecular complexity index is 436. The quantitative estimate of drug-likeness (QED) is 0.853. The molecular weight excluding hydrogens is 234 g/mol. The number of anilines is 2. The van der Waals surface area contributed by atoms with Gasteiger partial charge in [0.1, 0.15) is 16.6 Å². The topological polar surface area (TPSA) is 69.2 Å². The van der Waals surface area contributed by atoms with E-state index in [1.807, 2.05) is 0 Å². The van der Waals surface area contributed by atoms with Gasteiger partial charge < -0.3 is 10.6 Å². The normalized spacial score (nSPS) is 21.5. The second kappa shape index (κ2) is 4.90. The van der Waals surface area contributed by atoms with E-state index in [1.165, 1.54) is 11.5 Å². The van der Waals surface area contributed by atoms with Crippen molar-refractivity contribution >= 4 is 22.4 Å². The molecule has 1 aliphatic heterocycles. The summed E-state index contributed by atoms with van der Waals surface area (Å²) in [4.78, 5) is 4.66. The monoisotopic (exact) mass is 251 g/mol. The second-order valence-electron chi connectivity index (χ2n) is 4.28. The molecule has 5 nitrogen and oxygen atoms in total. The number of nitrogens with two attached hydrogens (primary N) is 1. The molecule has 0 amide bonds. The fourth-order valence-electron chi connectivity index (χ4n) is 2.26. The zero-order valence-electron chi connectivity index (χ0n) is 10.2. The summed E-state index contributed by atoms with van der Waals surface area (Å²) in [6.07, 6.45) is 0. The van der Waals surface area contributed by atoms with Crippen LogP contribution in [0.5, 0.6) is 0 Å². The van der Waals surface area contributed by atoms with Crippen LogP contribution in [0.1, 0.15) is 19.4 Å². The van der Waals surface area contributed by atoms with E-state index >= 15 is 0 Å². The van der Waals surface area contributed by atoms with E-state index in [1.54, 1.807) is 0 Å². The third-order valence-electron chi connectivity index (χ3n) is 3.27. The van der Waals surface area contributed by atoms with Crippen molar-refractivity contribution in [1.82, 2.24) is 9.27 Å². The maximum atomic E-state index is 9.08. The van der Waals surface area contributed by atoms with Crippen LogP contribution in [-0.4, -0.2) is 41.5 Å². The van der Waals surface area contributed by atoms with E-state index in [9.17, 15) is 0 Å². The number of aromatic nitrogens is 1. The lowest BCUT2D eigenvalue weighted by atomic mass is 10.2. The predicted molar refractivity (Wildman–Crippen MR) is 70.2 cm³/mol. The van der Waals surface area contributed by atoms with Crippen LogP contribution in [0.2, 0.25) is 0 Å². The Labute approximate surface area is 106 Å². The summed E-state index contributed by atoms with van der Waals surface area (Å²) in [6, 6.07) is 2.65. The first-order chi connectivity index (χ1) is 8.17. The first-order valence-electron chi connectivity index (χ1n) is 5.81. The summed E-state index contributed by atoms with van der Waals surface area (Å²) in [5.74, 6) is 0.359. The maximum absolute atomic E-state index is 9.08. The molecule has 0 aromatic carbocycles. The molecule has 2 N–H and O–H groups in total. The van der Waals surface area contributed by atoms with Crippen molar-refractivity contribution in [3.05, 3.63) is 5.56 Å². The Hall–Kier alpha value is -1.32. The molecule has 1 atom stereocenters. The summed E-state index contributed by atoms with van der Waals surface area (Å²) in [6.45, 7) is 8.37. The highest BCUT2D eigenvalue weighted by Crippen LogP contribution is 2.31. The number of piperazine rings is 1. The molecule has 1 unspecified atom stereocenters. The zero-order valence-corrected chi connectivity index (χ0v) is 11.0. The van der Waals surface area contributed by atoms with Crippen molar-refractivity contribution in [2.45, 2.75) is 19.9 Å². The van der Waals surface area contributed by atoms with Crippen LogP contribution in [0.25, 0.3) is 0 Å². The van der Waals surface area contributed by atoms with Gasteiger partial charge in [-0.1, -0.05) is 6.92 Å². The summed E-state index contributed by atoms with van der Waals surface area (Å²) in [5, 5.41) is 10.0. The molecule has 0 spiro atoms. The summed E-state index contributed by atoms with van der Waals surface area (Å²) < 4.78 is 4.07. The molecule has 0 aliphatic carbocycles. The van der Waals surface area contributed by atoms with Crippen molar-refractivity contribution in [3.63, 3.8) is 0 Å². The molecule has 92 valence electrons. The Morgan fingerprint density at radius 1 is 1.59 bits per heavy atom. The van der Waals surface area contributed by atoms with Gasteiger partial charge in [-0.2, -0.15) is 9.64 Å². The van der Waals surface area contributed by atoms with Crippen molar-refractivity contribution in [2.24, 2.45) is 0 Å². The minimum Gasteiger partial charge on any atom is -0.382 e. The van der Waals surface area contributed by atoms with Gasteiger partial charge in [0.05, 0.1) is 0 Å². The average molecular weight is 251 g/mol. The lowest BCUT2D eigenvalue weighted by Gasteiger charge is -2.39. The molecule has 6 heteroatoms. The van der Waals surface area contributed by atoms with Crippen molar-refractivity contribution in [2.75, 3.05) is 36.8 Å². The average Bonchev–Trinajstić information content (AvgIpc) is 2.70. The number of hydrogen-bond donors (Lipinski definition) is 1. The highest BCUT2D eigenvalue weighted by Gasteiger charge is 2.26. The van der Waals surface area contributed by atoms with Gasteiger partial charge in [-0.05, 0) is 25.0 Å². The molecule has 1 aromatic rings. The van der Waals surface area contributed by atoms with E-state index in [0.717, 1.165) is 31.2 Å². The highest BCUT2D eigenvalue weighted by molar-refractivity contribution is 7.10. The number of hydrogen-bond acceptors (Lipinski definition) is 6. The molecule has 2 rings (SSSR count). The van der Waals surface area contributed by atoms with E-state index < -0.39 is 0 Å². The molecule has 1 saturated heterocycles. The van der Waals surface area contributed by atoms with Crippen molar-refractivity contribution < 1.29 is 0 Å². The van der Waals surface area contributed by atoms with Crippen molar-refractivity contribution in [1.29, 1.82) is 5.26 Å². The summed E-state index contributed by atoms with van der Waals surface area (Å²) >= 11 is 1.33. The molecule has 17 heavy (non-hydrogen) atoms. The van der Waals surface area contributed by atoms with E-state index in [2.05, 4.69) is 34.1 Å². The standard InChI is InChI=1S/C11H17N5S/c1-3-15-4-5-16(7-8(15)2)11-9(6-12)10(13)14-17-11/h8H,3-5,7H2,1-2H3,(H2,13,14). The minimum absolute atomic E-state index is 0.359. The highest BCUT2D eigenvalue weighted by atomic mass is 32.1. The van der Waals surface area contributed by atoms with Gasteiger partial charge in [0.25, 0.3) is 0 Å². The SMILES string of the molecule is CCN1CCN(c2snc(N)c2C#N)CC1C. The summed E-state index contributed by atoms with van der Waals surface area (Å²) in [5.41, 5.74) is 6.22. The van der Waals surface area contributed by atoms with Crippen LogP contribution in [0.15, 0.2) is 0 Å². The molecule has 1 fully saturated rings. The number of nitriles is 1. The van der Waals surface area contributed by atoms with Crippen LogP contribution in [0.3, 0.4) is 0 Å². The molecule has 1 aromatic heterocycles. The van der Waals surface area contributed by atoms with Crippen LogP contribution < -0.4 is 10.6 Å². The lowest BCUT2D eigenvalue weighted by Crippen LogP contribution is -2.51. The van der Waals surface area contributed by atoms with Gasteiger partial charge in [0.15, 0.2) is 5.82 Å². The molecule has 2 heterocycles. The van der Waals surface area contributed by atoms with Crippen LogP contribution in [-0.2, 0) is 0 Å². The van der Waals surface area contributed by atoms with Crippen LogP contribution in [0, 0.1) is 11.3 Å². The maximum Gasteiger partial charge on any atom is 0.157 e. The molecule has 0 radical (unpaired) electrons. The first kappa shape index (κ1) is 12.1. The van der Waals surface area contributed by atoms with Crippen molar-refractivity contribution in [3.8, 4) is 6.07 Å². The fraction of sp³-hybridized carbons (Fsp3) is 0.636. The number of rotatable bonds is 2. The largest absolute Gasteiger partial charge is 0.382 e. The first-order valence-corrected chi connectivity index (χ1v) is 6.59. The van der Waals surface area contributed by atoms with Gasteiger partial charge in [-0.15, -0.1) is 0 Å². The Morgan fingerprint density at radius 3 is 2.94 bits per heavy atom. The smallest absolute Gasteiger partial charge is 0.157 e. The Kier molecular flexibility index (Phi) is 3.50. The molecule has 0 bridgehead atoms. The molecule has 0 saturated carbocycles.